The summed E-state index contributed by atoms with van der Waals surface area (Å²) in [5.74, 6) is 0. The van der Waals surface area contributed by atoms with Crippen LogP contribution in [-0.2, 0) is 5.41 Å². The molecule has 11 rings (SSSR count). The molecule has 1 heteroatoms. The predicted molar refractivity (Wildman–Crippen MR) is 200 cm³/mol. The third kappa shape index (κ3) is 3.30. The summed E-state index contributed by atoms with van der Waals surface area (Å²) in [4.78, 5) is 0. The minimum absolute atomic E-state index is 0.448. The molecule has 1 heterocycles. The third-order valence-electron chi connectivity index (χ3n) is 10.9. The first-order valence-corrected chi connectivity index (χ1v) is 16.7. The first-order chi connectivity index (χ1) is 23.8. The topological polar surface area (TPSA) is 13.1 Å². The van der Waals surface area contributed by atoms with Crippen LogP contribution in [0, 0.1) is 0 Å². The van der Waals surface area contributed by atoms with Crippen LogP contribution in [0.25, 0.3) is 76.5 Å². The SMILES string of the molecule is c1ccc(C2(c3ccccc3)c3ccccc3-c3cc4oc5ccc(-c6ccc7ccc8cccc9ccc6c7c89)cc5c4cc32)cc1. The highest BCUT2D eigenvalue weighted by Gasteiger charge is 2.46. The Bertz CT molecular complexity index is 2820. The van der Waals surface area contributed by atoms with E-state index >= 15 is 0 Å². The molecule has 0 aliphatic heterocycles. The summed E-state index contributed by atoms with van der Waals surface area (Å²) in [6.45, 7) is 0. The fourth-order valence-electron chi connectivity index (χ4n) is 8.87. The molecule has 0 amide bonds. The molecule has 0 radical (unpaired) electrons. The average Bonchev–Trinajstić information content (AvgIpc) is 3.66. The summed E-state index contributed by atoms with van der Waals surface area (Å²) < 4.78 is 6.64. The first kappa shape index (κ1) is 25.9. The molecule has 1 aliphatic carbocycles. The maximum Gasteiger partial charge on any atom is 0.136 e. The zero-order chi connectivity index (χ0) is 31.4. The van der Waals surface area contributed by atoms with E-state index in [9.17, 15) is 0 Å². The number of fused-ring (bicyclic) bond motifs is 6. The normalized spacial score (nSPS) is 13.6. The highest BCUT2D eigenvalue weighted by Crippen LogP contribution is 2.57. The van der Waals surface area contributed by atoms with Gasteiger partial charge in [0.15, 0.2) is 0 Å². The van der Waals surface area contributed by atoms with E-state index < -0.39 is 5.41 Å². The van der Waals surface area contributed by atoms with Crippen LogP contribution in [0.4, 0.5) is 0 Å². The highest BCUT2D eigenvalue weighted by molar-refractivity contribution is 6.25. The number of rotatable bonds is 3. The van der Waals surface area contributed by atoms with Gasteiger partial charge in [0.2, 0.25) is 0 Å². The van der Waals surface area contributed by atoms with E-state index in [4.69, 9.17) is 4.42 Å². The molecular formula is C47H28O. The minimum atomic E-state index is -0.448. The summed E-state index contributed by atoms with van der Waals surface area (Å²) in [7, 11) is 0. The number of benzene rings is 9. The van der Waals surface area contributed by atoms with Crippen molar-refractivity contribution in [3.63, 3.8) is 0 Å². The molecule has 1 aromatic heterocycles. The second-order valence-electron chi connectivity index (χ2n) is 13.2. The molecule has 0 spiro atoms. The van der Waals surface area contributed by atoms with Crippen LogP contribution in [0.1, 0.15) is 22.3 Å². The molecule has 0 bridgehead atoms. The van der Waals surface area contributed by atoms with Gasteiger partial charge < -0.3 is 4.42 Å². The Kier molecular flexibility index (Phi) is 5.10. The second kappa shape index (κ2) is 9.44. The van der Waals surface area contributed by atoms with Crippen LogP contribution in [-0.4, -0.2) is 0 Å². The Morgan fingerprint density at radius 2 is 1.00 bits per heavy atom. The molecule has 0 saturated heterocycles. The van der Waals surface area contributed by atoms with Gasteiger partial charge in [-0.2, -0.15) is 0 Å². The molecule has 10 aromatic rings. The molecule has 0 atom stereocenters. The molecule has 1 nitrogen and oxygen atoms in total. The van der Waals surface area contributed by atoms with E-state index in [2.05, 4.69) is 170 Å². The number of hydrogen-bond donors (Lipinski definition) is 0. The Morgan fingerprint density at radius 1 is 0.354 bits per heavy atom. The monoisotopic (exact) mass is 608 g/mol. The van der Waals surface area contributed by atoms with Crippen molar-refractivity contribution >= 4 is 54.3 Å². The Morgan fingerprint density at radius 3 is 1.77 bits per heavy atom. The van der Waals surface area contributed by atoms with Crippen molar-refractivity contribution in [3.8, 4) is 22.3 Å². The van der Waals surface area contributed by atoms with E-state index in [1.807, 2.05) is 0 Å². The molecule has 0 fully saturated rings. The zero-order valence-electron chi connectivity index (χ0n) is 26.1. The summed E-state index contributed by atoms with van der Waals surface area (Å²) >= 11 is 0. The fourth-order valence-corrected chi connectivity index (χ4v) is 8.87. The number of furan rings is 1. The smallest absolute Gasteiger partial charge is 0.136 e. The summed E-state index contributed by atoms with van der Waals surface area (Å²) in [6, 6.07) is 62.5. The van der Waals surface area contributed by atoms with Gasteiger partial charge in [-0.1, -0.05) is 146 Å². The lowest BCUT2D eigenvalue weighted by Gasteiger charge is -2.33. The van der Waals surface area contributed by atoms with Crippen molar-refractivity contribution in [3.05, 3.63) is 192 Å². The molecule has 1 aliphatic rings. The predicted octanol–water partition coefficient (Wildman–Crippen LogP) is 12.5. The van der Waals surface area contributed by atoms with Crippen molar-refractivity contribution in [2.75, 3.05) is 0 Å². The van der Waals surface area contributed by atoms with Gasteiger partial charge in [0.1, 0.15) is 11.2 Å². The lowest BCUT2D eigenvalue weighted by atomic mass is 9.67. The maximum absolute atomic E-state index is 6.64. The van der Waals surface area contributed by atoms with E-state index in [-0.39, 0.29) is 0 Å². The van der Waals surface area contributed by atoms with Gasteiger partial charge in [-0.15, -0.1) is 0 Å². The van der Waals surface area contributed by atoms with Crippen LogP contribution >= 0.6 is 0 Å². The molecule has 0 N–H and O–H groups in total. The largest absolute Gasteiger partial charge is 0.456 e. The summed E-state index contributed by atoms with van der Waals surface area (Å²) in [6.07, 6.45) is 0. The quantitative estimate of drug-likeness (QED) is 0.182. The molecule has 9 aromatic carbocycles. The van der Waals surface area contributed by atoms with Crippen molar-refractivity contribution in [2.24, 2.45) is 0 Å². The van der Waals surface area contributed by atoms with Crippen LogP contribution in [0.2, 0.25) is 0 Å². The van der Waals surface area contributed by atoms with Crippen LogP contribution < -0.4 is 0 Å². The Labute approximate surface area is 277 Å². The van der Waals surface area contributed by atoms with E-state index in [0.717, 1.165) is 21.9 Å². The van der Waals surface area contributed by atoms with Gasteiger partial charge in [-0.05, 0) is 101 Å². The van der Waals surface area contributed by atoms with Crippen molar-refractivity contribution in [2.45, 2.75) is 5.41 Å². The lowest BCUT2D eigenvalue weighted by Crippen LogP contribution is -2.28. The fraction of sp³-hybridized carbons (Fsp3) is 0.0213. The van der Waals surface area contributed by atoms with Gasteiger partial charge in [0.25, 0.3) is 0 Å². The third-order valence-corrected chi connectivity index (χ3v) is 10.9. The van der Waals surface area contributed by atoms with Crippen LogP contribution in [0.15, 0.2) is 174 Å². The Hall–Kier alpha value is -6.18. The van der Waals surface area contributed by atoms with E-state index in [0.29, 0.717) is 0 Å². The minimum Gasteiger partial charge on any atom is -0.456 e. The Balaban J connectivity index is 1.20. The van der Waals surface area contributed by atoms with Gasteiger partial charge in [0.05, 0.1) is 5.41 Å². The first-order valence-electron chi connectivity index (χ1n) is 16.7. The zero-order valence-corrected chi connectivity index (χ0v) is 26.1. The van der Waals surface area contributed by atoms with Gasteiger partial charge in [0, 0.05) is 10.8 Å². The molecule has 0 unspecified atom stereocenters. The van der Waals surface area contributed by atoms with E-state index in [1.165, 1.54) is 76.8 Å². The molecular weight excluding hydrogens is 581 g/mol. The van der Waals surface area contributed by atoms with Crippen LogP contribution in [0.3, 0.4) is 0 Å². The summed E-state index contributed by atoms with van der Waals surface area (Å²) in [5.41, 5.74) is 11.5. The van der Waals surface area contributed by atoms with Crippen LogP contribution in [0.5, 0.6) is 0 Å². The van der Waals surface area contributed by atoms with Crippen molar-refractivity contribution in [1.82, 2.24) is 0 Å². The van der Waals surface area contributed by atoms with Gasteiger partial charge in [-0.25, -0.2) is 0 Å². The molecule has 222 valence electrons. The van der Waals surface area contributed by atoms with Crippen molar-refractivity contribution < 1.29 is 4.42 Å². The van der Waals surface area contributed by atoms with Gasteiger partial charge >= 0.3 is 0 Å². The molecule has 48 heavy (non-hydrogen) atoms. The van der Waals surface area contributed by atoms with Gasteiger partial charge in [-0.3, -0.25) is 0 Å². The number of hydrogen-bond acceptors (Lipinski definition) is 1. The summed E-state index contributed by atoms with van der Waals surface area (Å²) in [5, 5.41) is 10.1. The maximum atomic E-state index is 6.64. The standard InChI is InChI=1S/C47H28O/c1-3-12-33(13-4-1)47(34-14-5-2-6-15-34)41-17-8-7-16-36(41)38-28-44-40(27-42(38)47)39-26-32(22-25-43(39)48-44)35-23-20-31-19-18-29-10-9-11-30-21-24-37(35)46(31)45(29)30/h1-28H. The lowest BCUT2D eigenvalue weighted by molar-refractivity contribution is 0.668. The second-order valence-corrected chi connectivity index (χ2v) is 13.2. The molecule has 0 saturated carbocycles. The van der Waals surface area contributed by atoms with Crippen molar-refractivity contribution in [1.29, 1.82) is 0 Å². The highest BCUT2D eigenvalue weighted by atomic mass is 16.3. The average molecular weight is 609 g/mol. The van der Waals surface area contributed by atoms with E-state index in [1.54, 1.807) is 0 Å².